The standard InChI is InChI=1S/C14H19N3O/c1-18-14-8-4-5-12(16-14)11-17(10-9-15)13-6-2-3-7-13/h4-5,8,13H,2-3,6-7,10-11H2,1H3. The first-order chi connectivity index (χ1) is 8.83. The third-order valence-electron chi connectivity index (χ3n) is 3.47. The molecular formula is C14H19N3O. The highest BCUT2D eigenvalue weighted by atomic mass is 16.5. The summed E-state index contributed by atoms with van der Waals surface area (Å²) in [6.07, 6.45) is 4.95. The Labute approximate surface area is 108 Å². The molecule has 0 spiro atoms. The second kappa shape index (κ2) is 6.36. The molecule has 0 saturated heterocycles. The van der Waals surface area contributed by atoms with Crippen molar-refractivity contribution in [3.05, 3.63) is 23.9 Å². The molecule has 0 radical (unpaired) electrons. The molecule has 1 aliphatic rings. The molecule has 1 fully saturated rings. The van der Waals surface area contributed by atoms with Crippen molar-refractivity contribution >= 4 is 0 Å². The molecule has 0 unspecified atom stereocenters. The molecule has 0 N–H and O–H groups in total. The minimum absolute atomic E-state index is 0.476. The van der Waals surface area contributed by atoms with Crippen molar-refractivity contribution in [1.29, 1.82) is 5.26 Å². The maximum absolute atomic E-state index is 8.94. The van der Waals surface area contributed by atoms with Gasteiger partial charge < -0.3 is 4.74 Å². The van der Waals surface area contributed by atoms with E-state index in [1.165, 1.54) is 25.7 Å². The Balaban J connectivity index is 2.05. The smallest absolute Gasteiger partial charge is 0.213 e. The molecule has 1 saturated carbocycles. The van der Waals surface area contributed by atoms with Gasteiger partial charge in [-0.1, -0.05) is 18.9 Å². The summed E-state index contributed by atoms with van der Waals surface area (Å²) in [5.41, 5.74) is 0.969. The number of hydrogen-bond donors (Lipinski definition) is 0. The number of rotatable bonds is 5. The maximum Gasteiger partial charge on any atom is 0.213 e. The Morgan fingerprint density at radius 2 is 2.22 bits per heavy atom. The number of hydrogen-bond acceptors (Lipinski definition) is 4. The molecule has 1 aromatic heterocycles. The average Bonchev–Trinajstić information content (AvgIpc) is 2.92. The first kappa shape index (κ1) is 12.8. The Kier molecular flexibility index (Phi) is 4.54. The summed E-state index contributed by atoms with van der Waals surface area (Å²) in [6.45, 7) is 1.21. The van der Waals surface area contributed by atoms with E-state index in [4.69, 9.17) is 10.00 Å². The highest BCUT2D eigenvalue weighted by Crippen LogP contribution is 2.24. The van der Waals surface area contributed by atoms with Gasteiger partial charge in [-0.15, -0.1) is 0 Å². The summed E-state index contributed by atoms with van der Waals surface area (Å²) in [5, 5.41) is 8.94. The molecule has 0 amide bonds. The van der Waals surface area contributed by atoms with Gasteiger partial charge in [-0.25, -0.2) is 4.98 Å². The van der Waals surface area contributed by atoms with Gasteiger partial charge in [-0.05, 0) is 18.9 Å². The van der Waals surface area contributed by atoms with Crippen LogP contribution in [0.15, 0.2) is 18.2 Å². The Morgan fingerprint density at radius 1 is 1.44 bits per heavy atom. The van der Waals surface area contributed by atoms with Crippen LogP contribution in [0.5, 0.6) is 5.88 Å². The van der Waals surface area contributed by atoms with Crippen molar-refractivity contribution in [1.82, 2.24) is 9.88 Å². The van der Waals surface area contributed by atoms with Crippen LogP contribution < -0.4 is 4.74 Å². The van der Waals surface area contributed by atoms with E-state index < -0.39 is 0 Å². The number of pyridine rings is 1. The summed E-state index contributed by atoms with van der Waals surface area (Å²) < 4.78 is 5.13. The van der Waals surface area contributed by atoms with E-state index in [2.05, 4.69) is 16.0 Å². The predicted octanol–water partition coefficient (Wildman–Crippen LogP) is 2.36. The van der Waals surface area contributed by atoms with Crippen LogP contribution in [0.4, 0.5) is 0 Å². The van der Waals surface area contributed by atoms with Crippen LogP contribution >= 0.6 is 0 Å². The molecule has 2 rings (SSSR count). The van der Waals surface area contributed by atoms with Crippen LogP contribution in [-0.2, 0) is 6.54 Å². The van der Waals surface area contributed by atoms with E-state index in [0.717, 1.165) is 12.2 Å². The number of nitriles is 1. The van der Waals surface area contributed by atoms with Crippen molar-refractivity contribution in [3.63, 3.8) is 0 Å². The normalized spacial score (nSPS) is 15.8. The van der Waals surface area contributed by atoms with E-state index in [9.17, 15) is 0 Å². The quantitative estimate of drug-likeness (QED) is 0.747. The van der Waals surface area contributed by atoms with Crippen molar-refractivity contribution in [2.45, 2.75) is 38.3 Å². The monoisotopic (exact) mass is 245 g/mol. The largest absolute Gasteiger partial charge is 0.481 e. The molecule has 0 aromatic carbocycles. The number of nitrogens with zero attached hydrogens (tertiary/aromatic N) is 3. The van der Waals surface area contributed by atoms with Crippen molar-refractivity contribution in [2.75, 3.05) is 13.7 Å². The fraction of sp³-hybridized carbons (Fsp3) is 0.571. The minimum Gasteiger partial charge on any atom is -0.481 e. The molecule has 0 atom stereocenters. The molecule has 4 heteroatoms. The van der Waals surface area contributed by atoms with Crippen LogP contribution in [0, 0.1) is 11.3 Å². The fourth-order valence-electron chi connectivity index (χ4n) is 2.54. The van der Waals surface area contributed by atoms with Gasteiger partial charge in [0.1, 0.15) is 0 Å². The van der Waals surface area contributed by atoms with Crippen molar-refractivity contribution in [3.8, 4) is 11.9 Å². The molecule has 1 heterocycles. The highest BCUT2D eigenvalue weighted by molar-refractivity contribution is 5.15. The summed E-state index contributed by atoms with van der Waals surface area (Å²) in [7, 11) is 1.62. The number of methoxy groups -OCH3 is 1. The lowest BCUT2D eigenvalue weighted by atomic mass is 10.2. The molecule has 4 nitrogen and oxygen atoms in total. The molecule has 1 aromatic rings. The zero-order valence-electron chi connectivity index (χ0n) is 10.8. The van der Waals surface area contributed by atoms with Crippen LogP contribution in [0.2, 0.25) is 0 Å². The predicted molar refractivity (Wildman–Crippen MR) is 69.1 cm³/mol. The van der Waals surface area contributed by atoms with Gasteiger partial charge in [0.25, 0.3) is 0 Å². The molecule has 96 valence electrons. The highest BCUT2D eigenvalue weighted by Gasteiger charge is 2.22. The van der Waals surface area contributed by atoms with Crippen LogP contribution in [-0.4, -0.2) is 29.6 Å². The van der Waals surface area contributed by atoms with Crippen molar-refractivity contribution in [2.24, 2.45) is 0 Å². The zero-order chi connectivity index (χ0) is 12.8. The van der Waals surface area contributed by atoms with E-state index >= 15 is 0 Å². The summed E-state index contributed by atoms with van der Waals surface area (Å²) >= 11 is 0. The second-order valence-electron chi connectivity index (χ2n) is 4.67. The lowest BCUT2D eigenvalue weighted by molar-refractivity contribution is 0.211. The van der Waals surface area contributed by atoms with Gasteiger partial charge in [0.05, 0.1) is 25.4 Å². The Morgan fingerprint density at radius 3 is 2.89 bits per heavy atom. The van der Waals surface area contributed by atoms with Gasteiger partial charge in [0.15, 0.2) is 0 Å². The van der Waals surface area contributed by atoms with E-state index in [-0.39, 0.29) is 0 Å². The zero-order valence-corrected chi connectivity index (χ0v) is 10.8. The maximum atomic E-state index is 8.94. The first-order valence-corrected chi connectivity index (χ1v) is 6.44. The van der Waals surface area contributed by atoms with Gasteiger partial charge in [0.2, 0.25) is 5.88 Å². The van der Waals surface area contributed by atoms with Crippen LogP contribution in [0.25, 0.3) is 0 Å². The third-order valence-corrected chi connectivity index (χ3v) is 3.47. The fourth-order valence-corrected chi connectivity index (χ4v) is 2.54. The molecule has 0 bridgehead atoms. The first-order valence-electron chi connectivity index (χ1n) is 6.44. The number of ether oxygens (including phenoxy) is 1. The molecule has 1 aliphatic carbocycles. The summed E-state index contributed by atoms with van der Waals surface area (Å²) in [5.74, 6) is 0.635. The van der Waals surface area contributed by atoms with Gasteiger partial charge in [-0.2, -0.15) is 5.26 Å². The van der Waals surface area contributed by atoms with Crippen molar-refractivity contribution < 1.29 is 4.74 Å². The van der Waals surface area contributed by atoms with E-state index in [1.54, 1.807) is 7.11 Å². The SMILES string of the molecule is COc1cccc(CN(CC#N)C2CCCC2)n1. The lowest BCUT2D eigenvalue weighted by Crippen LogP contribution is -2.33. The van der Waals surface area contributed by atoms with Gasteiger partial charge in [0, 0.05) is 18.7 Å². The van der Waals surface area contributed by atoms with Crippen LogP contribution in [0.3, 0.4) is 0 Å². The lowest BCUT2D eigenvalue weighted by Gasteiger charge is -2.25. The van der Waals surface area contributed by atoms with Gasteiger partial charge in [-0.3, -0.25) is 4.90 Å². The number of aromatic nitrogens is 1. The third kappa shape index (κ3) is 3.21. The van der Waals surface area contributed by atoms with Crippen LogP contribution in [0.1, 0.15) is 31.4 Å². The minimum atomic E-state index is 0.476. The second-order valence-corrected chi connectivity index (χ2v) is 4.67. The molecule has 18 heavy (non-hydrogen) atoms. The summed E-state index contributed by atoms with van der Waals surface area (Å²) in [4.78, 5) is 6.64. The Bertz CT molecular complexity index is 421. The van der Waals surface area contributed by atoms with Gasteiger partial charge >= 0.3 is 0 Å². The average molecular weight is 245 g/mol. The summed E-state index contributed by atoms with van der Waals surface area (Å²) in [6, 6.07) is 8.57. The molecular weight excluding hydrogens is 226 g/mol. The Hall–Kier alpha value is -1.60. The topological polar surface area (TPSA) is 49.1 Å². The van der Waals surface area contributed by atoms with E-state index in [1.807, 2.05) is 18.2 Å². The molecule has 0 aliphatic heterocycles. The van der Waals surface area contributed by atoms with E-state index in [0.29, 0.717) is 18.5 Å².